The maximum absolute atomic E-state index is 13.9. The highest BCUT2D eigenvalue weighted by molar-refractivity contribution is 7.14. The van der Waals surface area contributed by atoms with Crippen molar-refractivity contribution in [1.29, 1.82) is 0 Å². The van der Waals surface area contributed by atoms with Gasteiger partial charge in [0.1, 0.15) is 11.3 Å². The van der Waals surface area contributed by atoms with Gasteiger partial charge in [0.05, 0.1) is 18.4 Å². The number of hydrogen-bond donors (Lipinski definition) is 1. The zero-order valence-electron chi connectivity index (χ0n) is 24.7. The molecule has 0 atom stereocenters. The van der Waals surface area contributed by atoms with Crippen LogP contribution in [-0.4, -0.2) is 60.3 Å². The van der Waals surface area contributed by atoms with E-state index >= 15 is 0 Å². The summed E-state index contributed by atoms with van der Waals surface area (Å²) in [5, 5.41) is 3.03. The van der Waals surface area contributed by atoms with Crippen LogP contribution in [0.4, 0.5) is 5.69 Å². The molecule has 40 heavy (non-hydrogen) atoms. The average molecular weight is 562 g/mol. The molecule has 0 aliphatic carbocycles. The van der Waals surface area contributed by atoms with Gasteiger partial charge in [0, 0.05) is 30.7 Å². The van der Waals surface area contributed by atoms with Crippen LogP contribution in [0, 0.1) is 6.92 Å². The summed E-state index contributed by atoms with van der Waals surface area (Å²) in [6.07, 6.45) is 0.0571. The number of aryl methyl sites for hydroxylation is 1. The average Bonchev–Trinajstić information content (AvgIpc) is 3.32. The Kier molecular flexibility index (Phi) is 8.13. The van der Waals surface area contributed by atoms with Crippen LogP contribution in [0.2, 0.25) is 0 Å². The first-order valence-corrected chi connectivity index (χ1v) is 14.3. The highest BCUT2D eigenvalue weighted by Gasteiger charge is 2.44. The number of rotatable bonds is 6. The van der Waals surface area contributed by atoms with Crippen molar-refractivity contribution in [3.05, 3.63) is 69.4 Å². The van der Waals surface area contributed by atoms with Crippen LogP contribution < -0.4 is 10.1 Å². The molecular weight excluding hydrogens is 522 g/mol. The lowest BCUT2D eigenvalue weighted by atomic mass is 9.93. The van der Waals surface area contributed by atoms with Crippen molar-refractivity contribution in [2.45, 2.75) is 58.9 Å². The lowest BCUT2D eigenvalue weighted by molar-refractivity contribution is -0.144. The van der Waals surface area contributed by atoms with Crippen molar-refractivity contribution in [2.75, 3.05) is 32.6 Å². The molecule has 2 aromatic carbocycles. The number of benzene rings is 2. The van der Waals surface area contributed by atoms with Gasteiger partial charge in [0.25, 0.3) is 5.91 Å². The van der Waals surface area contributed by atoms with Gasteiger partial charge in [0.15, 0.2) is 0 Å². The van der Waals surface area contributed by atoms with Crippen molar-refractivity contribution < 1.29 is 19.1 Å². The minimum atomic E-state index is -0.963. The number of anilines is 1. The summed E-state index contributed by atoms with van der Waals surface area (Å²) in [4.78, 5) is 44.9. The summed E-state index contributed by atoms with van der Waals surface area (Å²) in [5.74, 6) is 0.286. The molecule has 0 bridgehead atoms. The number of carbonyl (C=O) groups is 3. The SMILES string of the molecule is COc1ccc(-c2cc(NC(=O)Cc3cc(C(C)(C)C)sc3C(=O)N3CCN(C)C(=O)C3(C)C)ccc2C)cc1. The third-order valence-electron chi connectivity index (χ3n) is 7.46. The third kappa shape index (κ3) is 5.92. The van der Waals surface area contributed by atoms with Gasteiger partial charge >= 0.3 is 0 Å². The number of ether oxygens (including phenoxy) is 1. The first kappa shape index (κ1) is 29.3. The Hall–Kier alpha value is -3.65. The van der Waals surface area contributed by atoms with E-state index in [0.717, 1.165) is 27.3 Å². The molecule has 212 valence electrons. The van der Waals surface area contributed by atoms with Crippen LogP contribution in [-0.2, 0) is 21.4 Å². The number of methoxy groups -OCH3 is 1. The first-order chi connectivity index (χ1) is 18.7. The highest BCUT2D eigenvalue weighted by atomic mass is 32.1. The Morgan fingerprint density at radius 3 is 2.35 bits per heavy atom. The van der Waals surface area contributed by atoms with E-state index in [1.807, 2.05) is 55.5 Å². The molecule has 1 aliphatic rings. The van der Waals surface area contributed by atoms with Crippen LogP contribution in [0.15, 0.2) is 48.5 Å². The number of amides is 3. The number of piperazine rings is 1. The lowest BCUT2D eigenvalue weighted by Gasteiger charge is -2.44. The van der Waals surface area contributed by atoms with E-state index in [1.54, 1.807) is 37.8 Å². The van der Waals surface area contributed by atoms with Crippen LogP contribution in [0.5, 0.6) is 5.75 Å². The number of carbonyl (C=O) groups excluding carboxylic acids is 3. The summed E-state index contributed by atoms with van der Waals surface area (Å²) in [6.45, 7) is 12.8. The number of nitrogens with one attached hydrogen (secondary N) is 1. The lowest BCUT2D eigenvalue weighted by Crippen LogP contribution is -2.63. The largest absolute Gasteiger partial charge is 0.497 e. The van der Waals surface area contributed by atoms with Gasteiger partial charge in [-0.2, -0.15) is 0 Å². The molecule has 1 fully saturated rings. The van der Waals surface area contributed by atoms with Crippen LogP contribution in [0.25, 0.3) is 11.1 Å². The van der Waals surface area contributed by atoms with Gasteiger partial charge in [-0.3, -0.25) is 14.4 Å². The first-order valence-electron chi connectivity index (χ1n) is 13.5. The number of thiophene rings is 1. The molecule has 0 unspecified atom stereocenters. The Morgan fingerprint density at radius 2 is 1.73 bits per heavy atom. The molecule has 1 aromatic heterocycles. The Bertz CT molecular complexity index is 1430. The van der Waals surface area contributed by atoms with E-state index in [-0.39, 0.29) is 29.6 Å². The molecule has 1 N–H and O–H groups in total. The summed E-state index contributed by atoms with van der Waals surface area (Å²) in [6, 6.07) is 15.6. The van der Waals surface area contributed by atoms with Crippen LogP contribution >= 0.6 is 11.3 Å². The van der Waals surface area contributed by atoms with Gasteiger partial charge in [-0.15, -0.1) is 11.3 Å². The summed E-state index contributed by atoms with van der Waals surface area (Å²) in [7, 11) is 3.40. The van der Waals surface area contributed by atoms with Gasteiger partial charge in [0.2, 0.25) is 11.8 Å². The molecular formula is C32H39N3O4S. The van der Waals surface area contributed by atoms with Gasteiger partial charge < -0.3 is 19.9 Å². The molecule has 2 heterocycles. The molecule has 4 rings (SSSR count). The Balaban J connectivity index is 1.60. The predicted octanol–water partition coefficient (Wildman–Crippen LogP) is 5.90. The highest BCUT2D eigenvalue weighted by Crippen LogP contribution is 2.36. The van der Waals surface area contributed by atoms with Gasteiger partial charge in [-0.05, 0) is 78.8 Å². The van der Waals surface area contributed by atoms with E-state index in [9.17, 15) is 14.4 Å². The minimum Gasteiger partial charge on any atom is -0.497 e. The molecule has 7 nitrogen and oxygen atoms in total. The molecule has 0 radical (unpaired) electrons. The van der Waals surface area contributed by atoms with Crippen molar-refractivity contribution in [2.24, 2.45) is 0 Å². The molecule has 1 saturated heterocycles. The third-order valence-corrected chi connectivity index (χ3v) is 9.06. The minimum absolute atomic E-state index is 0.0571. The molecule has 8 heteroatoms. The van der Waals surface area contributed by atoms with Crippen LogP contribution in [0.1, 0.15) is 60.3 Å². The monoisotopic (exact) mass is 561 g/mol. The summed E-state index contributed by atoms with van der Waals surface area (Å²) in [5.41, 5.74) is 3.35. The maximum atomic E-state index is 13.9. The molecule has 0 spiro atoms. The topological polar surface area (TPSA) is 79.0 Å². The number of likely N-dealkylation sites (N-methyl/N-ethyl adjacent to an activating group) is 1. The van der Waals surface area contributed by atoms with E-state index in [1.165, 1.54) is 11.3 Å². The van der Waals surface area contributed by atoms with Gasteiger partial charge in [-0.1, -0.05) is 39.0 Å². The fourth-order valence-electron chi connectivity index (χ4n) is 4.96. The number of hydrogen-bond acceptors (Lipinski definition) is 5. The molecule has 3 amide bonds. The molecule has 1 aliphatic heterocycles. The van der Waals surface area contributed by atoms with Crippen molar-refractivity contribution in [3.63, 3.8) is 0 Å². The molecule has 0 saturated carbocycles. The van der Waals surface area contributed by atoms with E-state index in [4.69, 9.17) is 4.74 Å². The maximum Gasteiger partial charge on any atom is 0.265 e. The van der Waals surface area contributed by atoms with E-state index in [2.05, 4.69) is 26.1 Å². The zero-order valence-corrected chi connectivity index (χ0v) is 25.5. The second-order valence-electron chi connectivity index (χ2n) is 11.9. The normalized spacial score (nSPS) is 15.2. The fourth-order valence-corrected chi connectivity index (χ4v) is 6.15. The van der Waals surface area contributed by atoms with Crippen molar-refractivity contribution in [1.82, 2.24) is 9.80 Å². The van der Waals surface area contributed by atoms with Gasteiger partial charge in [-0.25, -0.2) is 0 Å². The second kappa shape index (κ2) is 11.1. The van der Waals surface area contributed by atoms with Crippen molar-refractivity contribution >= 4 is 34.7 Å². The smallest absolute Gasteiger partial charge is 0.265 e. The Morgan fingerprint density at radius 1 is 1.05 bits per heavy atom. The second-order valence-corrected chi connectivity index (χ2v) is 13.0. The fraction of sp³-hybridized carbons (Fsp3) is 0.406. The molecule has 3 aromatic rings. The number of nitrogens with zero attached hydrogens (tertiary/aromatic N) is 2. The van der Waals surface area contributed by atoms with Crippen LogP contribution in [0.3, 0.4) is 0 Å². The van der Waals surface area contributed by atoms with E-state index < -0.39 is 5.54 Å². The van der Waals surface area contributed by atoms with E-state index in [0.29, 0.717) is 29.2 Å². The standard InChI is InChI=1S/C32H39N3O4S/c1-20-9-12-23(19-25(20)21-10-13-24(39-8)14-11-21)33-27(36)18-22-17-26(31(2,3)4)40-28(22)29(37)35-16-15-34(7)30(38)32(35,5)6/h9-14,17,19H,15-16,18H2,1-8H3,(H,33,36). The van der Waals surface area contributed by atoms with Crippen molar-refractivity contribution in [3.8, 4) is 16.9 Å². The summed E-state index contributed by atoms with van der Waals surface area (Å²) < 4.78 is 5.28. The summed E-state index contributed by atoms with van der Waals surface area (Å²) >= 11 is 1.42. The Labute approximate surface area is 241 Å². The quantitative estimate of drug-likeness (QED) is 0.406. The zero-order chi connectivity index (χ0) is 29.4. The predicted molar refractivity (Wildman–Crippen MR) is 161 cm³/mol.